The number of unbranched alkanes of at least 4 members (excludes halogenated alkanes) is 6. The van der Waals surface area contributed by atoms with Gasteiger partial charge in [-0.05, 0) is 52.6 Å². The van der Waals surface area contributed by atoms with Crippen LogP contribution in [0.1, 0.15) is 74.9 Å². The number of amides is 1. The Balaban J connectivity index is 1.27. The predicted molar refractivity (Wildman–Crippen MR) is 135 cm³/mol. The molecule has 0 bridgehead atoms. The Morgan fingerprint density at radius 1 is 1.09 bits per heavy atom. The van der Waals surface area contributed by atoms with Gasteiger partial charge in [0.2, 0.25) is 5.91 Å². The molecule has 2 aromatic carbocycles. The first kappa shape index (κ1) is 24.4. The summed E-state index contributed by atoms with van der Waals surface area (Å²) in [6.45, 7) is 2.52. The number of carbonyl (C=O) groups is 1. The van der Waals surface area contributed by atoms with E-state index in [0.29, 0.717) is 23.0 Å². The van der Waals surface area contributed by atoms with E-state index in [2.05, 4.69) is 57.1 Å². The van der Waals surface area contributed by atoms with Crippen LogP contribution in [0.25, 0.3) is 6.08 Å². The van der Waals surface area contributed by atoms with E-state index in [4.69, 9.17) is 9.47 Å². The quantitative estimate of drug-likeness (QED) is 0.259. The zero-order chi connectivity index (χ0) is 24.3. The molecule has 2 heterocycles. The van der Waals surface area contributed by atoms with Crippen molar-refractivity contribution in [2.24, 2.45) is 0 Å². The van der Waals surface area contributed by atoms with E-state index in [-0.39, 0.29) is 12.5 Å². The number of nitrogens with zero attached hydrogens (tertiary/aromatic N) is 3. The highest BCUT2D eigenvalue weighted by molar-refractivity contribution is 6.03. The molecule has 1 aliphatic heterocycles. The molecule has 0 spiro atoms. The molecule has 1 aliphatic rings. The summed E-state index contributed by atoms with van der Waals surface area (Å²) in [6.07, 6.45) is 13.2. The predicted octanol–water partition coefficient (Wildman–Crippen LogP) is 5.66. The summed E-state index contributed by atoms with van der Waals surface area (Å²) >= 11 is 0. The first-order valence-corrected chi connectivity index (χ1v) is 12.5. The molecule has 8 heteroatoms. The summed E-state index contributed by atoms with van der Waals surface area (Å²) in [6, 6.07) is 13.8. The number of fused-ring (bicyclic) bond motifs is 1. The number of para-hydroxylation sites is 1. The Kier molecular flexibility index (Phi) is 8.86. The first-order chi connectivity index (χ1) is 17.2. The minimum atomic E-state index is -0.481. The van der Waals surface area contributed by atoms with Gasteiger partial charge in [0.05, 0.1) is 5.69 Å². The fourth-order valence-corrected chi connectivity index (χ4v) is 4.06. The number of aromatic nitrogens is 4. The van der Waals surface area contributed by atoms with Crippen LogP contribution in [0.3, 0.4) is 0 Å². The van der Waals surface area contributed by atoms with Crippen LogP contribution < -0.4 is 14.8 Å². The van der Waals surface area contributed by atoms with Crippen LogP contribution in [0, 0.1) is 0 Å². The molecule has 1 atom stereocenters. The molecule has 184 valence electrons. The normalized spacial score (nSPS) is 14.8. The summed E-state index contributed by atoms with van der Waals surface area (Å²) in [5, 5.41) is 16.6. The number of hydrogen-bond acceptors (Lipinski definition) is 6. The van der Waals surface area contributed by atoms with Crippen LogP contribution >= 0.6 is 0 Å². The zero-order valence-electron chi connectivity index (χ0n) is 20.2. The van der Waals surface area contributed by atoms with Gasteiger partial charge in [0, 0.05) is 6.08 Å². The van der Waals surface area contributed by atoms with Gasteiger partial charge in [-0.15, -0.1) is 5.10 Å². The third-order valence-electron chi connectivity index (χ3n) is 6.03. The van der Waals surface area contributed by atoms with Crippen molar-refractivity contribution in [2.75, 3.05) is 11.9 Å². The number of rotatable bonds is 12. The lowest BCUT2D eigenvalue weighted by Gasteiger charge is -2.26. The van der Waals surface area contributed by atoms with Gasteiger partial charge in [-0.25, -0.2) is 5.10 Å². The number of carbonyl (C=O) groups excluding carboxylic acids is 1. The van der Waals surface area contributed by atoms with Gasteiger partial charge in [0.25, 0.3) is 0 Å². The minimum Gasteiger partial charge on any atom is -0.485 e. The molecule has 8 nitrogen and oxygen atoms in total. The fourth-order valence-electron chi connectivity index (χ4n) is 4.06. The molecule has 0 radical (unpaired) electrons. The minimum absolute atomic E-state index is 0.252. The number of nitrogens with one attached hydrogen (secondary N) is 2. The summed E-state index contributed by atoms with van der Waals surface area (Å²) in [7, 11) is 0. The molecule has 2 N–H and O–H groups in total. The van der Waals surface area contributed by atoms with Gasteiger partial charge in [0.15, 0.2) is 23.4 Å². The van der Waals surface area contributed by atoms with Gasteiger partial charge in [-0.1, -0.05) is 75.8 Å². The second kappa shape index (κ2) is 12.7. The summed E-state index contributed by atoms with van der Waals surface area (Å²) < 4.78 is 11.8. The second-order valence-electron chi connectivity index (χ2n) is 8.77. The second-order valence-corrected chi connectivity index (χ2v) is 8.77. The molecule has 0 aliphatic carbocycles. The molecular formula is C27H33N5O3. The van der Waals surface area contributed by atoms with Gasteiger partial charge >= 0.3 is 0 Å². The smallest absolute Gasteiger partial charge is 0.248 e. The van der Waals surface area contributed by atoms with Crippen molar-refractivity contribution in [1.82, 2.24) is 20.6 Å². The van der Waals surface area contributed by atoms with Gasteiger partial charge in [-0.3, -0.25) is 4.79 Å². The highest BCUT2D eigenvalue weighted by Crippen LogP contribution is 2.41. The van der Waals surface area contributed by atoms with Crippen molar-refractivity contribution in [3.8, 4) is 11.5 Å². The zero-order valence-corrected chi connectivity index (χ0v) is 20.2. The van der Waals surface area contributed by atoms with Gasteiger partial charge in [0.1, 0.15) is 6.61 Å². The molecule has 3 aromatic rings. The Morgan fingerprint density at radius 3 is 2.66 bits per heavy atom. The van der Waals surface area contributed by atoms with E-state index >= 15 is 0 Å². The number of ether oxygens (including phenoxy) is 2. The van der Waals surface area contributed by atoms with E-state index in [0.717, 1.165) is 12.0 Å². The molecule has 1 aromatic heterocycles. The Hall–Kier alpha value is -3.68. The molecule has 4 rings (SSSR count). The number of aryl methyl sites for hydroxylation is 1. The third-order valence-corrected chi connectivity index (χ3v) is 6.03. The van der Waals surface area contributed by atoms with Crippen molar-refractivity contribution >= 4 is 17.7 Å². The van der Waals surface area contributed by atoms with E-state index < -0.39 is 6.10 Å². The van der Waals surface area contributed by atoms with Crippen LogP contribution in [-0.2, 0) is 11.2 Å². The number of H-pyrrole nitrogens is 1. The number of benzene rings is 2. The van der Waals surface area contributed by atoms with Crippen LogP contribution in [-0.4, -0.2) is 33.1 Å². The van der Waals surface area contributed by atoms with Crippen molar-refractivity contribution in [3.63, 3.8) is 0 Å². The monoisotopic (exact) mass is 475 g/mol. The Labute approximate surface area is 206 Å². The van der Waals surface area contributed by atoms with E-state index in [9.17, 15) is 4.79 Å². The van der Waals surface area contributed by atoms with Gasteiger partial charge in [-0.2, -0.15) is 0 Å². The summed E-state index contributed by atoms with van der Waals surface area (Å²) in [5.74, 6) is 1.23. The van der Waals surface area contributed by atoms with Crippen LogP contribution in [0.15, 0.2) is 48.5 Å². The van der Waals surface area contributed by atoms with E-state index in [1.54, 1.807) is 12.1 Å². The maximum atomic E-state index is 12.6. The number of anilines is 1. The number of tetrazole rings is 1. The number of hydrogen-bond donors (Lipinski definition) is 2. The van der Waals surface area contributed by atoms with Crippen molar-refractivity contribution in [3.05, 3.63) is 65.5 Å². The molecule has 0 saturated carbocycles. The highest BCUT2D eigenvalue weighted by Gasteiger charge is 2.27. The SMILES string of the molecule is CCCCCCCCCc1ccc(C=CC(=O)Nc2cccc3c2OC(c2nnn[nH]2)CO3)cc1. The molecule has 35 heavy (non-hydrogen) atoms. The molecule has 1 amide bonds. The average Bonchev–Trinajstić information content (AvgIpc) is 3.43. The molecule has 0 saturated heterocycles. The first-order valence-electron chi connectivity index (χ1n) is 12.5. The lowest BCUT2D eigenvalue weighted by atomic mass is 10.0. The molecule has 0 fully saturated rings. The maximum Gasteiger partial charge on any atom is 0.248 e. The standard InChI is InChI=1S/C27H33N5O3/c1-2-3-4-5-6-7-8-10-20-13-15-21(16-14-20)17-18-25(33)28-22-11-9-12-23-26(22)35-24(19-34-23)27-29-31-32-30-27/h9,11-18,24H,2-8,10,19H2,1H3,(H,28,33)(H,29,30,31,32). The lowest BCUT2D eigenvalue weighted by molar-refractivity contribution is -0.111. The van der Waals surface area contributed by atoms with E-state index in [1.165, 1.54) is 56.6 Å². The molecular weight excluding hydrogens is 442 g/mol. The van der Waals surface area contributed by atoms with Crippen molar-refractivity contribution in [1.29, 1.82) is 0 Å². The van der Waals surface area contributed by atoms with Gasteiger partial charge < -0.3 is 14.8 Å². The van der Waals surface area contributed by atoms with Crippen LogP contribution in [0.4, 0.5) is 5.69 Å². The highest BCUT2D eigenvalue weighted by atomic mass is 16.6. The Morgan fingerprint density at radius 2 is 1.89 bits per heavy atom. The Bertz CT molecular complexity index is 1100. The van der Waals surface area contributed by atoms with E-state index in [1.807, 2.05) is 12.1 Å². The average molecular weight is 476 g/mol. The van der Waals surface area contributed by atoms with Crippen LogP contribution in [0.5, 0.6) is 11.5 Å². The topological polar surface area (TPSA) is 102 Å². The van der Waals surface area contributed by atoms with Crippen molar-refractivity contribution < 1.29 is 14.3 Å². The van der Waals surface area contributed by atoms with Crippen LogP contribution in [0.2, 0.25) is 0 Å². The summed E-state index contributed by atoms with van der Waals surface area (Å²) in [5.41, 5.74) is 2.85. The number of aromatic amines is 1. The largest absolute Gasteiger partial charge is 0.485 e. The van der Waals surface area contributed by atoms with Crippen molar-refractivity contribution in [2.45, 2.75) is 64.4 Å². The third kappa shape index (κ3) is 7.15. The summed E-state index contributed by atoms with van der Waals surface area (Å²) in [4.78, 5) is 12.6. The lowest BCUT2D eigenvalue weighted by Crippen LogP contribution is -2.24. The maximum absolute atomic E-state index is 12.6. The molecule has 1 unspecified atom stereocenters. The fraction of sp³-hybridized carbons (Fsp3) is 0.407.